The van der Waals surface area contributed by atoms with Crippen LogP contribution in [0.25, 0.3) is 0 Å². The van der Waals surface area contributed by atoms with E-state index in [0.29, 0.717) is 25.6 Å². The van der Waals surface area contributed by atoms with E-state index < -0.39 is 23.1 Å². The fourth-order valence-electron chi connectivity index (χ4n) is 4.65. The second-order valence-electron chi connectivity index (χ2n) is 7.94. The second-order valence-corrected chi connectivity index (χ2v) is 8.34. The summed E-state index contributed by atoms with van der Waals surface area (Å²) in [4.78, 5) is 28.6. The molecule has 1 N–H and O–H groups in total. The Kier molecular flexibility index (Phi) is 4.43. The highest BCUT2D eigenvalue weighted by molar-refractivity contribution is 6.31. The molecule has 0 spiro atoms. The Hall–Kier alpha value is -1.66. The van der Waals surface area contributed by atoms with Gasteiger partial charge in [0.2, 0.25) is 0 Å². The Labute approximate surface area is 156 Å². The molecule has 0 bridgehead atoms. The van der Waals surface area contributed by atoms with Crippen molar-refractivity contribution in [1.29, 1.82) is 0 Å². The molecule has 140 valence electrons. The van der Waals surface area contributed by atoms with Crippen molar-refractivity contribution in [3.05, 3.63) is 34.6 Å². The molecule has 1 amide bonds. The van der Waals surface area contributed by atoms with E-state index in [9.17, 15) is 19.1 Å². The summed E-state index contributed by atoms with van der Waals surface area (Å²) in [6.07, 6.45) is 3.71. The van der Waals surface area contributed by atoms with Crippen LogP contribution >= 0.6 is 11.6 Å². The maximum atomic E-state index is 14.2. The minimum absolute atomic E-state index is 0.0932. The van der Waals surface area contributed by atoms with Crippen LogP contribution in [0.15, 0.2) is 18.2 Å². The van der Waals surface area contributed by atoms with Crippen LogP contribution in [0.3, 0.4) is 0 Å². The molecular formula is C19H22ClFN2O3. The summed E-state index contributed by atoms with van der Waals surface area (Å²) in [6, 6.07) is 4.32. The monoisotopic (exact) mass is 380 g/mol. The van der Waals surface area contributed by atoms with Gasteiger partial charge in [0.1, 0.15) is 5.41 Å². The van der Waals surface area contributed by atoms with E-state index in [1.54, 1.807) is 0 Å². The molecule has 3 fully saturated rings. The molecule has 5 nitrogen and oxygen atoms in total. The average molecular weight is 381 g/mol. The molecular weight excluding hydrogens is 359 g/mol. The van der Waals surface area contributed by atoms with Crippen molar-refractivity contribution < 1.29 is 19.1 Å². The number of hydrogen-bond donors (Lipinski definition) is 1. The van der Waals surface area contributed by atoms with Crippen LogP contribution < -0.4 is 0 Å². The summed E-state index contributed by atoms with van der Waals surface area (Å²) in [6.45, 7) is 2.57. The van der Waals surface area contributed by atoms with Crippen molar-refractivity contribution in [1.82, 2.24) is 9.80 Å². The number of amides is 1. The number of halogens is 2. The summed E-state index contributed by atoms with van der Waals surface area (Å²) < 4.78 is 14.2. The lowest BCUT2D eigenvalue weighted by Gasteiger charge is -2.31. The molecule has 2 aliphatic heterocycles. The normalized spacial score (nSPS) is 28.8. The Balaban J connectivity index is 1.51. The van der Waals surface area contributed by atoms with Gasteiger partial charge in [0, 0.05) is 38.6 Å². The SMILES string of the molecule is O=C(c1cccc(Cl)c1F)N1C[C@H]2CN(CC3CCC3)C[C@@]2(C(=O)O)C1. The quantitative estimate of drug-likeness (QED) is 0.872. The third-order valence-electron chi connectivity index (χ3n) is 6.32. The van der Waals surface area contributed by atoms with E-state index in [-0.39, 0.29) is 23.0 Å². The lowest BCUT2D eigenvalue weighted by Crippen LogP contribution is -2.43. The van der Waals surface area contributed by atoms with E-state index in [1.165, 1.54) is 42.4 Å². The van der Waals surface area contributed by atoms with E-state index >= 15 is 0 Å². The van der Waals surface area contributed by atoms with Crippen LogP contribution in [0.1, 0.15) is 29.6 Å². The number of benzene rings is 1. The number of fused-ring (bicyclic) bond motifs is 1. The Morgan fingerprint density at radius 1 is 1.27 bits per heavy atom. The average Bonchev–Trinajstić information content (AvgIpc) is 3.08. The van der Waals surface area contributed by atoms with E-state index in [1.807, 2.05) is 0 Å². The number of carbonyl (C=O) groups excluding carboxylic acids is 1. The number of aliphatic carboxylic acids is 1. The third-order valence-corrected chi connectivity index (χ3v) is 6.61. The molecule has 0 aromatic heterocycles. The highest BCUT2D eigenvalue weighted by atomic mass is 35.5. The van der Waals surface area contributed by atoms with E-state index in [4.69, 9.17) is 11.6 Å². The van der Waals surface area contributed by atoms with Crippen molar-refractivity contribution in [3.63, 3.8) is 0 Å². The van der Waals surface area contributed by atoms with Gasteiger partial charge in [0.05, 0.1) is 10.6 Å². The predicted molar refractivity (Wildman–Crippen MR) is 94.7 cm³/mol. The molecule has 0 radical (unpaired) electrons. The van der Waals surface area contributed by atoms with Gasteiger partial charge >= 0.3 is 5.97 Å². The minimum Gasteiger partial charge on any atom is -0.481 e. The van der Waals surface area contributed by atoms with Crippen molar-refractivity contribution in [2.75, 3.05) is 32.7 Å². The fraction of sp³-hybridized carbons (Fsp3) is 0.579. The molecule has 2 heterocycles. The summed E-state index contributed by atoms with van der Waals surface area (Å²) in [7, 11) is 0. The van der Waals surface area contributed by atoms with Crippen LogP contribution in [-0.2, 0) is 4.79 Å². The first kappa shape index (κ1) is 17.7. The predicted octanol–water partition coefficient (Wildman–Crippen LogP) is 2.74. The van der Waals surface area contributed by atoms with Gasteiger partial charge in [-0.3, -0.25) is 9.59 Å². The van der Waals surface area contributed by atoms with Crippen molar-refractivity contribution in [3.8, 4) is 0 Å². The standard InChI is InChI=1S/C19H22ClFN2O3/c20-15-6-2-5-14(16(15)21)17(24)23-9-13-8-22(7-12-3-1-4-12)10-19(13,11-23)18(25)26/h2,5-6,12-13H,1,3-4,7-11H2,(H,25,26)/t13-,19-/m1/s1. The molecule has 7 heteroatoms. The van der Waals surface area contributed by atoms with Crippen LogP contribution in [-0.4, -0.2) is 59.5 Å². The second kappa shape index (κ2) is 6.50. The molecule has 0 unspecified atom stereocenters. The number of carboxylic acid groups (broad SMARTS) is 1. The summed E-state index contributed by atoms with van der Waals surface area (Å²) in [5.74, 6) is -1.53. The molecule has 3 aliphatic rings. The van der Waals surface area contributed by atoms with Gasteiger partial charge < -0.3 is 14.9 Å². The molecule has 1 aromatic rings. The molecule has 1 aliphatic carbocycles. The van der Waals surface area contributed by atoms with Crippen molar-refractivity contribution >= 4 is 23.5 Å². The van der Waals surface area contributed by atoms with Gasteiger partial charge in [-0.05, 0) is 30.9 Å². The maximum absolute atomic E-state index is 14.2. The molecule has 2 saturated heterocycles. The molecule has 1 saturated carbocycles. The first-order valence-corrected chi connectivity index (χ1v) is 9.47. The van der Waals surface area contributed by atoms with Gasteiger partial charge in [-0.2, -0.15) is 0 Å². The van der Waals surface area contributed by atoms with Gasteiger partial charge in [-0.15, -0.1) is 0 Å². The molecule has 2 atom stereocenters. The first-order chi connectivity index (χ1) is 12.4. The summed E-state index contributed by atoms with van der Waals surface area (Å²) in [5, 5.41) is 9.80. The van der Waals surface area contributed by atoms with Gasteiger partial charge in [0.25, 0.3) is 5.91 Å². The third kappa shape index (κ3) is 2.79. The van der Waals surface area contributed by atoms with Crippen molar-refractivity contribution in [2.45, 2.75) is 19.3 Å². The van der Waals surface area contributed by atoms with E-state index in [2.05, 4.69) is 4.90 Å². The Bertz CT molecular complexity index is 754. The molecule has 4 rings (SSSR count). The molecule has 26 heavy (non-hydrogen) atoms. The number of nitrogens with zero attached hydrogens (tertiary/aromatic N) is 2. The Morgan fingerprint density at radius 3 is 2.65 bits per heavy atom. The number of carbonyl (C=O) groups is 2. The lowest BCUT2D eigenvalue weighted by molar-refractivity contribution is -0.148. The minimum atomic E-state index is -0.950. The highest BCUT2D eigenvalue weighted by Crippen LogP contribution is 2.44. The van der Waals surface area contributed by atoms with E-state index in [0.717, 1.165) is 6.54 Å². The maximum Gasteiger partial charge on any atom is 0.313 e. The van der Waals surface area contributed by atoms with Crippen LogP contribution in [0.2, 0.25) is 5.02 Å². The zero-order valence-electron chi connectivity index (χ0n) is 14.5. The van der Waals surface area contributed by atoms with Gasteiger partial charge in [0.15, 0.2) is 5.82 Å². The number of carboxylic acids is 1. The van der Waals surface area contributed by atoms with Crippen molar-refractivity contribution in [2.24, 2.45) is 17.3 Å². The summed E-state index contributed by atoms with van der Waals surface area (Å²) in [5.41, 5.74) is -1.04. The number of rotatable bonds is 4. The first-order valence-electron chi connectivity index (χ1n) is 9.10. The summed E-state index contributed by atoms with van der Waals surface area (Å²) >= 11 is 5.78. The fourth-order valence-corrected chi connectivity index (χ4v) is 4.82. The lowest BCUT2D eigenvalue weighted by atomic mass is 9.81. The van der Waals surface area contributed by atoms with Gasteiger partial charge in [-0.1, -0.05) is 24.1 Å². The zero-order valence-corrected chi connectivity index (χ0v) is 15.2. The Morgan fingerprint density at radius 2 is 2.04 bits per heavy atom. The smallest absolute Gasteiger partial charge is 0.313 e. The topological polar surface area (TPSA) is 60.9 Å². The van der Waals surface area contributed by atoms with Crippen LogP contribution in [0, 0.1) is 23.1 Å². The zero-order chi connectivity index (χ0) is 18.5. The number of hydrogen-bond acceptors (Lipinski definition) is 3. The van der Waals surface area contributed by atoms with Crippen LogP contribution in [0.4, 0.5) is 4.39 Å². The van der Waals surface area contributed by atoms with Crippen LogP contribution in [0.5, 0.6) is 0 Å². The highest BCUT2D eigenvalue weighted by Gasteiger charge is 2.58. The van der Waals surface area contributed by atoms with Gasteiger partial charge in [-0.25, -0.2) is 4.39 Å². The molecule has 1 aromatic carbocycles. The number of likely N-dealkylation sites (tertiary alicyclic amines) is 2. The largest absolute Gasteiger partial charge is 0.481 e.